The Bertz CT molecular complexity index is 437. The highest BCUT2D eigenvalue weighted by Gasteiger charge is 2.19. The topological polar surface area (TPSA) is 78.3 Å². The van der Waals surface area contributed by atoms with E-state index in [-0.39, 0.29) is 6.04 Å². The summed E-state index contributed by atoms with van der Waals surface area (Å²) in [6.07, 6.45) is 1.52. The molecule has 1 amide bonds. The molecule has 1 rings (SSSR count). The molecule has 0 heterocycles. The number of rotatable bonds is 7. The van der Waals surface area contributed by atoms with Gasteiger partial charge in [0, 0.05) is 6.04 Å². The molecule has 0 aliphatic rings. The SMILES string of the molecule is CCC(N)Cc1cccc(Br)c1OC(CC)C(N)=O. The Hall–Kier alpha value is -1.07. The Morgan fingerprint density at radius 1 is 1.37 bits per heavy atom. The second kappa shape index (κ2) is 7.50. The lowest BCUT2D eigenvalue weighted by Gasteiger charge is -2.19. The molecule has 0 saturated heterocycles. The number of amides is 1. The van der Waals surface area contributed by atoms with E-state index in [1.165, 1.54) is 0 Å². The van der Waals surface area contributed by atoms with Gasteiger partial charge in [0.2, 0.25) is 0 Å². The average molecular weight is 329 g/mol. The Balaban J connectivity index is 3.00. The fourth-order valence-electron chi connectivity index (χ4n) is 1.76. The average Bonchev–Trinajstić information content (AvgIpc) is 2.37. The van der Waals surface area contributed by atoms with Crippen LogP contribution in [0.1, 0.15) is 32.3 Å². The van der Waals surface area contributed by atoms with Gasteiger partial charge in [-0.1, -0.05) is 26.0 Å². The van der Waals surface area contributed by atoms with Gasteiger partial charge in [0.15, 0.2) is 6.10 Å². The van der Waals surface area contributed by atoms with Crippen molar-refractivity contribution in [3.05, 3.63) is 28.2 Å². The summed E-state index contributed by atoms with van der Waals surface area (Å²) in [5.74, 6) is 0.209. The third-order valence-corrected chi connectivity index (χ3v) is 3.63. The zero-order valence-electron chi connectivity index (χ0n) is 11.4. The summed E-state index contributed by atoms with van der Waals surface area (Å²) >= 11 is 3.45. The summed E-state index contributed by atoms with van der Waals surface area (Å²) in [7, 11) is 0. The fraction of sp³-hybridized carbons (Fsp3) is 0.500. The van der Waals surface area contributed by atoms with E-state index in [2.05, 4.69) is 15.9 Å². The summed E-state index contributed by atoms with van der Waals surface area (Å²) < 4.78 is 6.57. The van der Waals surface area contributed by atoms with Crippen LogP contribution in [0.4, 0.5) is 0 Å². The summed E-state index contributed by atoms with van der Waals surface area (Å²) in [6.45, 7) is 3.91. The summed E-state index contributed by atoms with van der Waals surface area (Å²) in [5.41, 5.74) is 12.3. The van der Waals surface area contributed by atoms with Gasteiger partial charge in [0.05, 0.1) is 4.47 Å². The van der Waals surface area contributed by atoms with Gasteiger partial charge in [-0.3, -0.25) is 4.79 Å². The highest BCUT2D eigenvalue weighted by Crippen LogP contribution is 2.31. The van der Waals surface area contributed by atoms with Crippen LogP contribution in [0.3, 0.4) is 0 Å². The lowest BCUT2D eigenvalue weighted by atomic mass is 10.0. The molecule has 0 spiro atoms. The van der Waals surface area contributed by atoms with Crippen molar-refractivity contribution in [2.24, 2.45) is 11.5 Å². The van der Waals surface area contributed by atoms with Crippen molar-refractivity contribution >= 4 is 21.8 Å². The van der Waals surface area contributed by atoms with Crippen LogP contribution in [-0.4, -0.2) is 18.1 Å². The van der Waals surface area contributed by atoms with Gasteiger partial charge < -0.3 is 16.2 Å². The second-order valence-corrected chi connectivity index (χ2v) is 5.37. The summed E-state index contributed by atoms with van der Waals surface area (Å²) in [4.78, 5) is 11.3. The highest BCUT2D eigenvalue weighted by atomic mass is 79.9. The fourth-order valence-corrected chi connectivity index (χ4v) is 2.26. The minimum absolute atomic E-state index is 0.0744. The smallest absolute Gasteiger partial charge is 0.258 e. The first-order chi connectivity index (χ1) is 8.99. The Kier molecular flexibility index (Phi) is 6.31. The number of halogens is 1. The quantitative estimate of drug-likeness (QED) is 0.806. The van der Waals surface area contributed by atoms with Gasteiger partial charge in [0.1, 0.15) is 5.75 Å². The van der Waals surface area contributed by atoms with Gasteiger partial charge in [0.25, 0.3) is 5.91 Å². The maximum Gasteiger partial charge on any atom is 0.258 e. The molecule has 0 saturated carbocycles. The van der Waals surface area contributed by atoms with Gasteiger partial charge in [-0.15, -0.1) is 0 Å². The molecule has 1 aromatic carbocycles. The normalized spacial score (nSPS) is 13.9. The lowest BCUT2D eigenvalue weighted by Crippen LogP contribution is -2.33. The number of primary amides is 1. The number of para-hydroxylation sites is 1. The van der Waals surface area contributed by atoms with E-state index in [0.29, 0.717) is 18.6 Å². The van der Waals surface area contributed by atoms with Crippen LogP contribution in [0.15, 0.2) is 22.7 Å². The first-order valence-electron chi connectivity index (χ1n) is 6.48. The number of nitrogens with two attached hydrogens (primary N) is 2. The van der Waals surface area contributed by atoms with Crippen LogP contribution in [0.2, 0.25) is 0 Å². The van der Waals surface area contributed by atoms with Gasteiger partial charge in [-0.25, -0.2) is 0 Å². The Labute approximate surface area is 122 Å². The molecule has 0 radical (unpaired) electrons. The van der Waals surface area contributed by atoms with Crippen molar-refractivity contribution in [2.45, 2.75) is 45.3 Å². The molecule has 0 bridgehead atoms. The number of benzene rings is 1. The largest absolute Gasteiger partial charge is 0.479 e. The standard InChI is InChI=1S/C14H21BrN2O2/c1-3-10(16)8-9-6-5-7-11(15)13(9)19-12(4-2)14(17)18/h5-7,10,12H,3-4,8,16H2,1-2H3,(H2,17,18). The molecule has 0 aliphatic carbocycles. The van der Waals surface area contributed by atoms with Crippen molar-refractivity contribution < 1.29 is 9.53 Å². The number of hydrogen-bond acceptors (Lipinski definition) is 3. The molecule has 0 aliphatic heterocycles. The molecule has 4 N–H and O–H groups in total. The monoisotopic (exact) mass is 328 g/mol. The summed E-state index contributed by atoms with van der Waals surface area (Å²) in [5, 5.41) is 0. The molecule has 5 heteroatoms. The van der Waals surface area contributed by atoms with E-state index >= 15 is 0 Å². The molecule has 2 unspecified atom stereocenters. The first kappa shape index (κ1) is 16.0. The number of carbonyl (C=O) groups excluding carboxylic acids is 1. The minimum atomic E-state index is -0.615. The third kappa shape index (κ3) is 4.51. The van der Waals surface area contributed by atoms with E-state index in [9.17, 15) is 4.79 Å². The van der Waals surface area contributed by atoms with Crippen LogP contribution in [0, 0.1) is 0 Å². The maximum atomic E-state index is 11.3. The minimum Gasteiger partial charge on any atom is -0.479 e. The molecular weight excluding hydrogens is 308 g/mol. The molecule has 2 atom stereocenters. The van der Waals surface area contributed by atoms with E-state index in [0.717, 1.165) is 16.5 Å². The Morgan fingerprint density at radius 3 is 2.58 bits per heavy atom. The van der Waals surface area contributed by atoms with E-state index in [4.69, 9.17) is 16.2 Å². The van der Waals surface area contributed by atoms with Crippen LogP contribution >= 0.6 is 15.9 Å². The van der Waals surface area contributed by atoms with Gasteiger partial charge >= 0.3 is 0 Å². The van der Waals surface area contributed by atoms with Crippen molar-refractivity contribution in [1.82, 2.24) is 0 Å². The molecular formula is C14H21BrN2O2. The van der Waals surface area contributed by atoms with Crippen molar-refractivity contribution in [1.29, 1.82) is 0 Å². The predicted octanol–water partition coefficient (Wildman–Crippen LogP) is 2.37. The van der Waals surface area contributed by atoms with Gasteiger partial charge in [-0.2, -0.15) is 0 Å². The molecule has 19 heavy (non-hydrogen) atoms. The van der Waals surface area contributed by atoms with Crippen LogP contribution in [-0.2, 0) is 11.2 Å². The van der Waals surface area contributed by atoms with Crippen molar-refractivity contribution in [2.75, 3.05) is 0 Å². The number of carbonyl (C=O) groups is 1. The van der Waals surface area contributed by atoms with Crippen LogP contribution in [0.25, 0.3) is 0 Å². The maximum absolute atomic E-state index is 11.3. The number of hydrogen-bond donors (Lipinski definition) is 2. The third-order valence-electron chi connectivity index (χ3n) is 3.00. The molecule has 0 fully saturated rings. The van der Waals surface area contributed by atoms with Crippen molar-refractivity contribution in [3.8, 4) is 5.75 Å². The number of ether oxygens (including phenoxy) is 1. The highest BCUT2D eigenvalue weighted by molar-refractivity contribution is 9.10. The molecule has 106 valence electrons. The molecule has 4 nitrogen and oxygen atoms in total. The first-order valence-corrected chi connectivity index (χ1v) is 7.27. The second-order valence-electron chi connectivity index (χ2n) is 4.52. The zero-order chi connectivity index (χ0) is 14.4. The van der Waals surface area contributed by atoms with E-state index < -0.39 is 12.0 Å². The van der Waals surface area contributed by atoms with Crippen molar-refractivity contribution in [3.63, 3.8) is 0 Å². The van der Waals surface area contributed by atoms with E-state index in [1.54, 1.807) is 0 Å². The lowest BCUT2D eigenvalue weighted by molar-refractivity contribution is -0.124. The van der Waals surface area contributed by atoms with Crippen LogP contribution in [0.5, 0.6) is 5.75 Å². The zero-order valence-corrected chi connectivity index (χ0v) is 12.9. The predicted molar refractivity (Wildman–Crippen MR) is 80.0 cm³/mol. The Morgan fingerprint density at radius 2 is 2.05 bits per heavy atom. The molecule has 1 aromatic rings. The molecule has 0 aromatic heterocycles. The van der Waals surface area contributed by atoms with Gasteiger partial charge in [-0.05, 0) is 46.8 Å². The van der Waals surface area contributed by atoms with Crippen LogP contribution < -0.4 is 16.2 Å². The summed E-state index contributed by atoms with van der Waals surface area (Å²) in [6, 6.07) is 5.85. The van der Waals surface area contributed by atoms with E-state index in [1.807, 2.05) is 32.0 Å².